The van der Waals surface area contributed by atoms with Crippen LogP contribution in [0, 0.1) is 13.8 Å². The lowest BCUT2D eigenvalue weighted by atomic mass is 10.2. The van der Waals surface area contributed by atoms with E-state index >= 15 is 0 Å². The summed E-state index contributed by atoms with van der Waals surface area (Å²) in [6, 6.07) is 12.7. The van der Waals surface area contributed by atoms with Crippen LogP contribution in [-0.2, 0) is 13.1 Å². The van der Waals surface area contributed by atoms with Gasteiger partial charge in [0.05, 0.1) is 11.4 Å². The highest BCUT2D eigenvalue weighted by Crippen LogP contribution is 2.17. The lowest BCUT2D eigenvalue weighted by Gasteiger charge is -2.08. The summed E-state index contributed by atoms with van der Waals surface area (Å²) >= 11 is 0. The van der Waals surface area contributed by atoms with Crippen molar-refractivity contribution in [3.8, 4) is 5.69 Å². The summed E-state index contributed by atoms with van der Waals surface area (Å²) < 4.78 is 3.22. The van der Waals surface area contributed by atoms with Crippen molar-refractivity contribution in [1.29, 1.82) is 0 Å². The number of carbonyl (C=O) groups excluding carboxylic acids is 1. The van der Waals surface area contributed by atoms with Gasteiger partial charge in [0.1, 0.15) is 5.69 Å². The van der Waals surface area contributed by atoms with Gasteiger partial charge < -0.3 is 5.32 Å². The number of aromatic nitrogens is 4. The molecule has 0 saturated carbocycles. The molecule has 0 saturated heterocycles. The Morgan fingerprint density at radius 1 is 1.07 bits per heavy atom. The van der Waals surface area contributed by atoms with Crippen molar-refractivity contribution in [3.05, 3.63) is 75.5 Å². The van der Waals surface area contributed by atoms with E-state index in [1.807, 2.05) is 55.8 Å². The van der Waals surface area contributed by atoms with Crippen LogP contribution in [0.15, 0.2) is 47.3 Å². The van der Waals surface area contributed by atoms with Crippen LogP contribution in [0.2, 0.25) is 0 Å². The van der Waals surface area contributed by atoms with Crippen LogP contribution in [-0.4, -0.2) is 25.5 Å². The van der Waals surface area contributed by atoms with Crippen LogP contribution in [0.4, 0.5) is 0 Å². The third-order valence-corrected chi connectivity index (χ3v) is 4.69. The van der Waals surface area contributed by atoms with Crippen LogP contribution < -0.4 is 10.9 Å². The number of benzene rings is 1. The van der Waals surface area contributed by atoms with E-state index in [2.05, 4.69) is 15.5 Å². The number of aryl methyl sites for hydroxylation is 2. The molecule has 1 amide bonds. The summed E-state index contributed by atoms with van der Waals surface area (Å²) in [5.74, 6) is -0.309. The average Bonchev–Trinajstić information content (AvgIpc) is 2.99. The number of para-hydroxylation sites is 1. The lowest BCUT2D eigenvalue weighted by Crippen LogP contribution is -2.29. The number of nitrogens with zero attached hydrogens (tertiary/aromatic N) is 4. The Kier molecular flexibility index (Phi) is 6.03. The fraction of sp³-hybridized carbons (Fsp3) is 0.333. The normalized spacial score (nSPS) is 10.8. The molecule has 2 heterocycles. The molecule has 0 atom stereocenters. The Morgan fingerprint density at radius 2 is 1.82 bits per heavy atom. The molecule has 146 valence electrons. The Labute approximate surface area is 164 Å². The van der Waals surface area contributed by atoms with Gasteiger partial charge in [-0.25, -0.2) is 9.36 Å². The maximum absolute atomic E-state index is 12.5. The predicted molar refractivity (Wildman–Crippen MR) is 108 cm³/mol. The predicted octanol–water partition coefficient (Wildman–Crippen LogP) is 2.78. The molecule has 2 aromatic heterocycles. The van der Waals surface area contributed by atoms with E-state index in [9.17, 15) is 9.59 Å². The van der Waals surface area contributed by atoms with Gasteiger partial charge in [-0.05, 0) is 38.5 Å². The molecule has 0 fully saturated rings. The SMILES string of the molecule is CCCCn1nc(C(=O)NCc2c(C)nn(-c3ccccc3)c2C)ccc1=O. The number of carbonyl (C=O) groups is 1. The maximum atomic E-state index is 12.5. The Balaban J connectivity index is 1.75. The summed E-state index contributed by atoms with van der Waals surface area (Å²) in [5.41, 5.74) is 3.83. The van der Waals surface area contributed by atoms with E-state index in [0.717, 1.165) is 35.5 Å². The van der Waals surface area contributed by atoms with Crippen LogP contribution in [0.25, 0.3) is 5.69 Å². The Bertz CT molecular complexity index is 1020. The van der Waals surface area contributed by atoms with E-state index in [4.69, 9.17) is 0 Å². The van der Waals surface area contributed by atoms with Gasteiger partial charge in [0, 0.05) is 30.4 Å². The monoisotopic (exact) mass is 379 g/mol. The first-order valence-corrected chi connectivity index (χ1v) is 9.48. The molecule has 0 radical (unpaired) electrons. The Morgan fingerprint density at radius 3 is 2.54 bits per heavy atom. The molecule has 1 aromatic carbocycles. The third-order valence-electron chi connectivity index (χ3n) is 4.69. The van der Waals surface area contributed by atoms with Crippen molar-refractivity contribution in [2.45, 2.75) is 46.7 Å². The van der Waals surface area contributed by atoms with Crippen molar-refractivity contribution >= 4 is 5.91 Å². The number of amides is 1. The number of unbranched alkanes of at least 4 members (excludes halogenated alkanes) is 1. The second kappa shape index (κ2) is 8.65. The van der Waals surface area contributed by atoms with Gasteiger partial charge in [-0.2, -0.15) is 10.2 Å². The first-order valence-electron chi connectivity index (χ1n) is 9.48. The highest BCUT2D eigenvalue weighted by molar-refractivity contribution is 5.91. The molecule has 0 unspecified atom stereocenters. The fourth-order valence-corrected chi connectivity index (χ4v) is 3.05. The molecule has 1 N–H and O–H groups in total. The van der Waals surface area contributed by atoms with Crippen molar-refractivity contribution in [2.24, 2.45) is 0 Å². The molecule has 3 aromatic rings. The van der Waals surface area contributed by atoms with Gasteiger partial charge >= 0.3 is 0 Å². The van der Waals surface area contributed by atoms with Crippen LogP contribution in [0.5, 0.6) is 0 Å². The first kappa shape index (κ1) is 19.5. The van der Waals surface area contributed by atoms with Crippen molar-refractivity contribution in [3.63, 3.8) is 0 Å². The molecule has 28 heavy (non-hydrogen) atoms. The van der Waals surface area contributed by atoms with Gasteiger partial charge in [-0.3, -0.25) is 9.59 Å². The summed E-state index contributed by atoms with van der Waals surface area (Å²) in [6.07, 6.45) is 1.80. The minimum absolute atomic E-state index is 0.194. The zero-order valence-electron chi connectivity index (χ0n) is 16.5. The molecule has 0 aliphatic carbocycles. The maximum Gasteiger partial charge on any atom is 0.271 e. The fourth-order valence-electron chi connectivity index (χ4n) is 3.05. The zero-order valence-corrected chi connectivity index (χ0v) is 16.5. The summed E-state index contributed by atoms with van der Waals surface area (Å²) in [7, 11) is 0. The zero-order chi connectivity index (χ0) is 20.1. The van der Waals surface area contributed by atoms with E-state index in [-0.39, 0.29) is 17.2 Å². The van der Waals surface area contributed by atoms with Crippen LogP contribution >= 0.6 is 0 Å². The van der Waals surface area contributed by atoms with E-state index in [1.165, 1.54) is 16.8 Å². The lowest BCUT2D eigenvalue weighted by molar-refractivity contribution is 0.0943. The molecule has 0 bridgehead atoms. The minimum Gasteiger partial charge on any atom is -0.346 e. The second-order valence-corrected chi connectivity index (χ2v) is 6.71. The van der Waals surface area contributed by atoms with Gasteiger partial charge in [0.2, 0.25) is 0 Å². The highest BCUT2D eigenvalue weighted by Gasteiger charge is 2.15. The van der Waals surface area contributed by atoms with Crippen molar-refractivity contribution in [1.82, 2.24) is 24.9 Å². The number of nitrogens with one attached hydrogen (secondary N) is 1. The van der Waals surface area contributed by atoms with Gasteiger partial charge in [-0.15, -0.1) is 0 Å². The van der Waals surface area contributed by atoms with Crippen molar-refractivity contribution < 1.29 is 4.79 Å². The van der Waals surface area contributed by atoms with Gasteiger partial charge in [0.15, 0.2) is 0 Å². The molecule has 7 nitrogen and oxygen atoms in total. The summed E-state index contributed by atoms with van der Waals surface area (Å²) in [5, 5.41) is 11.7. The molecule has 7 heteroatoms. The molecule has 0 aliphatic rings. The molecule has 0 spiro atoms. The second-order valence-electron chi connectivity index (χ2n) is 6.71. The topological polar surface area (TPSA) is 81.8 Å². The number of rotatable bonds is 7. The van der Waals surface area contributed by atoms with Crippen molar-refractivity contribution in [2.75, 3.05) is 0 Å². The van der Waals surface area contributed by atoms with E-state index in [1.54, 1.807) is 0 Å². The standard InChI is InChI=1S/C21H25N5O2/c1-4-5-13-25-20(27)12-11-19(24-25)21(28)22-14-18-15(2)23-26(16(18)3)17-9-7-6-8-10-17/h6-12H,4-5,13-14H2,1-3H3,(H,22,28). The number of hydrogen-bond donors (Lipinski definition) is 1. The summed E-state index contributed by atoms with van der Waals surface area (Å²) in [6.45, 7) is 6.81. The highest BCUT2D eigenvalue weighted by atomic mass is 16.2. The third kappa shape index (κ3) is 4.19. The molecule has 0 aliphatic heterocycles. The van der Waals surface area contributed by atoms with Crippen LogP contribution in [0.3, 0.4) is 0 Å². The van der Waals surface area contributed by atoms with Gasteiger partial charge in [0.25, 0.3) is 11.5 Å². The average molecular weight is 379 g/mol. The van der Waals surface area contributed by atoms with Gasteiger partial charge in [-0.1, -0.05) is 31.5 Å². The van der Waals surface area contributed by atoms with E-state index in [0.29, 0.717) is 13.1 Å². The van der Waals surface area contributed by atoms with Crippen LogP contribution in [0.1, 0.15) is 47.2 Å². The molecule has 3 rings (SSSR count). The summed E-state index contributed by atoms with van der Waals surface area (Å²) in [4.78, 5) is 24.4. The smallest absolute Gasteiger partial charge is 0.271 e. The van der Waals surface area contributed by atoms with E-state index < -0.39 is 0 Å². The molecular formula is C21H25N5O2. The minimum atomic E-state index is -0.309. The first-order chi connectivity index (χ1) is 13.5. The quantitative estimate of drug-likeness (QED) is 0.684. The largest absolute Gasteiger partial charge is 0.346 e. The number of hydrogen-bond acceptors (Lipinski definition) is 4. The Hall–Kier alpha value is -3.22. The molecular weight excluding hydrogens is 354 g/mol.